The highest BCUT2D eigenvalue weighted by Crippen LogP contribution is 2.35. The second kappa shape index (κ2) is 10.9. The lowest BCUT2D eigenvalue weighted by Crippen LogP contribution is -2.43. The molecular formula is C20H27N3O6S. The van der Waals surface area contributed by atoms with Crippen LogP contribution >= 0.6 is 0 Å². The van der Waals surface area contributed by atoms with Crippen LogP contribution in [0, 0.1) is 24.2 Å². The summed E-state index contributed by atoms with van der Waals surface area (Å²) in [7, 11) is -3.35. The van der Waals surface area contributed by atoms with E-state index in [0.29, 0.717) is 50.5 Å². The van der Waals surface area contributed by atoms with E-state index in [1.165, 1.54) is 0 Å². The second-order valence-corrected chi connectivity index (χ2v) is 9.47. The first-order chi connectivity index (χ1) is 14.3. The number of aryl methyl sites for hydroxylation is 1. The fraction of sp³-hybridized carbons (Fsp3) is 0.550. The van der Waals surface area contributed by atoms with Gasteiger partial charge in [-0.25, -0.2) is 13.2 Å². The molecule has 2 atom stereocenters. The number of hydrogen-bond acceptors (Lipinski definition) is 6. The van der Waals surface area contributed by atoms with E-state index in [4.69, 9.17) is 15.1 Å². The molecule has 1 heterocycles. The number of amides is 2. The lowest BCUT2D eigenvalue weighted by atomic mass is 10.1. The van der Waals surface area contributed by atoms with Gasteiger partial charge < -0.3 is 20.1 Å². The van der Waals surface area contributed by atoms with Gasteiger partial charge >= 0.3 is 6.09 Å². The molecule has 1 aliphatic carbocycles. The molecule has 30 heavy (non-hydrogen) atoms. The lowest BCUT2D eigenvalue weighted by Gasteiger charge is -2.29. The molecule has 1 aromatic carbocycles. The fourth-order valence-electron chi connectivity index (χ4n) is 3.52. The van der Waals surface area contributed by atoms with E-state index < -0.39 is 21.2 Å². The first-order valence-corrected chi connectivity index (χ1v) is 11.3. The molecule has 0 radical (unpaired) electrons. The molecule has 164 valence electrons. The highest BCUT2D eigenvalue weighted by Gasteiger charge is 2.39. The number of carboxylic acid groups (broad SMARTS) is 1. The normalized spacial score (nSPS) is 21.1. The van der Waals surface area contributed by atoms with Crippen molar-refractivity contribution < 1.29 is 27.9 Å². The Kier molecular flexibility index (Phi) is 8.62. The van der Waals surface area contributed by atoms with Crippen LogP contribution in [0.25, 0.3) is 0 Å². The molecule has 10 heteroatoms. The maximum absolute atomic E-state index is 12.7. The summed E-state index contributed by atoms with van der Waals surface area (Å²) in [5.41, 5.74) is 1.04. The summed E-state index contributed by atoms with van der Waals surface area (Å²) in [6.45, 7) is 4.17. The van der Waals surface area contributed by atoms with Crippen LogP contribution < -0.4 is 5.32 Å². The molecule has 1 saturated carbocycles. The van der Waals surface area contributed by atoms with E-state index in [-0.39, 0.29) is 18.4 Å². The number of carbonyl (C=O) groups is 2. The molecule has 1 saturated heterocycles. The largest absolute Gasteiger partial charge is 0.465 e. The van der Waals surface area contributed by atoms with Gasteiger partial charge in [-0.3, -0.25) is 4.79 Å². The number of carbonyl (C=O) groups excluding carboxylic acids is 1. The third-order valence-corrected chi connectivity index (χ3v) is 7.40. The minimum Gasteiger partial charge on any atom is -0.465 e. The molecular weight excluding hydrogens is 410 g/mol. The van der Waals surface area contributed by atoms with Crippen molar-refractivity contribution in [3.63, 3.8) is 0 Å². The van der Waals surface area contributed by atoms with Gasteiger partial charge in [-0.05, 0) is 38.3 Å². The van der Waals surface area contributed by atoms with Crippen molar-refractivity contribution in [3.8, 4) is 6.07 Å². The summed E-state index contributed by atoms with van der Waals surface area (Å²) >= 11 is 0. The van der Waals surface area contributed by atoms with E-state index in [0.717, 1.165) is 5.56 Å². The minimum atomic E-state index is -3.35. The van der Waals surface area contributed by atoms with Gasteiger partial charge in [-0.15, -0.1) is 0 Å². The van der Waals surface area contributed by atoms with Gasteiger partial charge in [0.1, 0.15) is 6.54 Å². The number of ether oxygens (including phenoxy) is 1. The van der Waals surface area contributed by atoms with Crippen LogP contribution in [-0.4, -0.2) is 68.5 Å². The zero-order valence-corrected chi connectivity index (χ0v) is 17.7. The molecule has 0 aromatic heterocycles. The maximum atomic E-state index is 12.7. The molecule has 0 spiro atoms. The minimum absolute atomic E-state index is 0.0925. The predicted molar refractivity (Wildman–Crippen MR) is 109 cm³/mol. The molecule has 2 fully saturated rings. The fourth-order valence-corrected chi connectivity index (χ4v) is 5.36. The summed E-state index contributed by atoms with van der Waals surface area (Å²) in [6.07, 6.45) is 0.497. The highest BCUT2D eigenvalue weighted by molar-refractivity contribution is 7.92. The van der Waals surface area contributed by atoms with E-state index in [9.17, 15) is 18.0 Å². The number of rotatable bonds is 4. The first kappa shape index (κ1) is 23.6. The number of sulfone groups is 1. The Balaban J connectivity index is 0.000000396. The van der Waals surface area contributed by atoms with Crippen LogP contribution in [0.15, 0.2) is 29.2 Å². The molecule has 1 aliphatic heterocycles. The molecule has 0 unspecified atom stereocenters. The van der Waals surface area contributed by atoms with Crippen molar-refractivity contribution in [1.29, 1.82) is 5.26 Å². The molecule has 9 nitrogen and oxygen atoms in total. The van der Waals surface area contributed by atoms with Gasteiger partial charge in [0, 0.05) is 19.0 Å². The predicted octanol–water partition coefficient (Wildman–Crippen LogP) is 1.57. The number of nitriles is 1. The molecule has 1 aromatic rings. The van der Waals surface area contributed by atoms with Crippen LogP contribution in [0.4, 0.5) is 4.79 Å². The van der Waals surface area contributed by atoms with Gasteiger partial charge in [-0.1, -0.05) is 17.7 Å². The summed E-state index contributed by atoms with van der Waals surface area (Å²) < 4.78 is 30.8. The van der Waals surface area contributed by atoms with Crippen LogP contribution in [-0.2, 0) is 19.4 Å². The zero-order chi connectivity index (χ0) is 22.1. The highest BCUT2D eigenvalue weighted by atomic mass is 32.2. The van der Waals surface area contributed by atoms with Gasteiger partial charge in [0.25, 0.3) is 0 Å². The standard InChI is InChI=1S/C17H23NO4S.C3H4N2O2/c1-13-2-5-15(6-3-13)23(20,21)16-7-4-14(12-16)17(19)18-8-10-22-11-9-18;4-1-2-5-3(6)7/h2-3,5-6,14,16H,4,7-12H2,1H3;5H,2H2,(H,6,7)/t14-,16-;/m1./s1. The van der Waals surface area contributed by atoms with E-state index in [2.05, 4.69) is 0 Å². The Morgan fingerprint density at radius 1 is 1.23 bits per heavy atom. The van der Waals surface area contributed by atoms with E-state index in [1.54, 1.807) is 18.2 Å². The average molecular weight is 438 g/mol. The number of benzene rings is 1. The Morgan fingerprint density at radius 2 is 1.87 bits per heavy atom. The summed E-state index contributed by atoms with van der Waals surface area (Å²) in [4.78, 5) is 24.2. The zero-order valence-electron chi connectivity index (χ0n) is 16.9. The van der Waals surface area contributed by atoms with Crippen molar-refractivity contribution in [1.82, 2.24) is 10.2 Å². The van der Waals surface area contributed by atoms with Gasteiger partial charge in [-0.2, -0.15) is 5.26 Å². The topological polar surface area (TPSA) is 137 Å². The summed E-state index contributed by atoms with van der Waals surface area (Å²) in [6, 6.07) is 8.58. The summed E-state index contributed by atoms with van der Waals surface area (Å²) in [5.74, 6) is -0.0757. The number of nitrogens with zero attached hydrogens (tertiary/aromatic N) is 2. The van der Waals surface area contributed by atoms with Crippen molar-refractivity contribution in [2.24, 2.45) is 5.92 Å². The third-order valence-electron chi connectivity index (χ3n) is 5.16. The monoisotopic (exact) mass is 437 g/mol. The molecule has 0 bridgehead atoms. The van der Waals surface area contributed by atoms with Crippen LogP contribution in [0.3, 0.4) is 0 Å². The Labute approximate surface area is 176 Å². The van der Waals surface area contributed by atoms with Crippen molar-refractivity contribution in [3.05, 3.63) is 29.8 Å². The second-order valence-electron chi connectivity index (χ2n) is 7.24. The molecule has 2 N–H and O–H groups in total. The quantitative estimate of drug-likeness (QED) is 0.682. The smallest absolute Gasteiger partial charge is 0.405 e. The van der Waals surface area contributed by atoms with Gasteiger partial charge in [0.15, 0.2) is 9.84 Å². The molecule has 2 aliphatic rings. The van der Waals surface area contributed by atoms with Crippen LogP contribution in [0.2, 0.25) is 0 Å². The average Bonchev–Trinajstić information content (AvgIpc) is 3.24. The Bertz CT molecular complexity index is 873. The SMILES string of the molecule is Cc1ccc(S(=O)(=O)[C@@H]2CC[C@@H](C(=O)N3CCOCC3)C2)cc1.N#CCNC(=O)O. The van der Waals surface area contributed by atoms with Crippen molar-refractivity contribution >= 4 is 21.8 Å². The van der Waals surface area contributed by atoms with E-state index in [1.807, 2.05) is 29.3 Å². The Morgan fingerprint density at radius 3 is 2.40 bits per heavy atom. The lowest BCUT2D eigenvalue weighted by molar-refractivity contribution is -0.139. The summed E-state index contributed by atoms with van der Waals surface area (Å²) in [5, 5.41) is 16.9. The van der Waals surface area contributed by atoms with Crippen molar-refractivity contribution in [2.75, 3.05) is 32.8 Å². The first-order valence-electron chi connectivity index (χ1n) is 9.76. The number of nitrogens with one attached hydrogen (secondary N) is 1. The van der Waals surface area contributed by atoms with Gasteiger partial charge in [0.2, 0.25) is 5.91 Å². The van der Waals surface area contributed by atoms with Crippen molar-refractivity contribution in [2.45, 2.75) is 36.3 Å². The molecule has 3 rings (SSSR count). The number of hydrogen-bond donors (Lipinski definition) is 2. The van der Waals surface area contributed by atoms with Crippen LogP contribution in [0.5, 0.6) is 0 Å². The Hall–Kier alpha value is -2.64. The third kappa shape index (κ3) is 6.43. The van der Waals surface area contributed by atoms with E-state index >= 15 is 0 Å². The number of morpholine rings is 1. The van der Waals surface area contributed by atoms with Gasteiger partial charge in [0.05, 0.1) is 29.4 Å². The molecule has 2 amide bonds. The maximum Gasteiger partial charge on any atom is 0.405 e. The van der Waals surface area contributed by atoms with Crippen LogP contribution in [0.1, 0.15) is 24.8 Å².